The lowest BCUT2D eigenvalue weighted by molar-refractivity contribution is -0.121. The molecule has 0 fully saturated rings. The van der Waals surface area contributed by atoms with Crippen molar-refractivity contribution in [3.63, 3.8) is 0 Å². The summed E-state index contributed by atoms with van der Waals surface area (Å²) in [4.78, 5) is 11.5. The van der Waals surface area contributed by atoms with Gasteiger partial charge in [0.2, 0.25) is 5.91 Å². The predicted molar refractivity (Wildman–Crippen MR) is 66.2 cm³/mol. The fraction of sp³-hybridized carbons (Fsp3) is 0.917. The Hall–Kier alpha value is -0.610. The Kier molecular flexibility index (Phi) is 7.34. The first kappa shape index (κ1) is 15.4. The van der Waals surface area contributed by atoms with Crippen LogP contribution >= 0.6 is 0 Å². The summed E-state index contributed by atoms with van der Waals surface area (Å²) in [7, 11) is 0. The molecule has 0 spiro atoms. The van der Waals surface area contributed by atoms with Gasteiger partial charge in [-0.05, 0) is 18.8 Å². The van der Waals surface area contributed by atoms with E-state index in [9.17, 15) is 9.90 Å². The zero-order valence-corrected chi connectivity index (χ0v) is 11.1. The van der Waals surface area contributed by atoms with Gasteiger partial charge >= 0.3 is 0 Å². The van der Waals surface area contributed by atoms with E-state index in [4.69, 9.17) is 0 Å². The molecule has 0 rings (SSSR count). The van der Waals surface area contributed by atoms with Crippen molar-refractivity contribution in [2.75, 3.05) is 13.1 Å². The summed E-state index contributed by atoms with van der Waals surface area (Å²) in [6.45, 7) is 10.8. The number of rotatable bonds is 7. The molecule has 0 bridgehead atoms. The first-order valence-electron chi connectivity index (χ1n) is 6.02. The Balaban J connectivity index is 3.66. The molecule has 0 aliphatic heterocycles. The molecule has 0 aliphatic carbocycles. The lowest BCUT2D eigenvalue weighted by Gasteiger charge is -2.18. The molecule has 0 aromatic heterocycles. The van der Waals surface area contributed by atoms with E-state index < -0.39 is 6.10 Å². The van der Waals surface area contributed by atoms with E-state index >= 15 is 0 Å². The number of carbonyl (C=O) groups is 1. The molecule has 0 aromatic carbocycles. The van der Waals surface area contributed by atoms with Gasteiger partial charge < -0.3 is 15.7 Å². The number of hydrogen-bond donors (Lipinski definition) is 3. The molecule has 1 amide bonds. The summed E-state index contributed by atoms with van der Waals surface area (Å²) in [6.07, 6.45) is -0.393. The van der Waals surface area contributed by atoms with Crippen LogP contribution in [0.25, 0.3) is 0 Å². The van der Waals surface area contributed by atoms with Crippen molar-refractivity contribution in [2.45, 2.75) is 46.8 Å². The maximum atomic E-state index is 11.5. The van der Waals surface area contributed by atoms with Crippen LogP contribution in [0.1, 0.15) is 34.6 Å². The molecule has 96 valence electrons. The van der Waals surface area contributed by atoms with Gasteiger partial charge in [-0.3, -0.25) is 4.79 Å². The number of aliphatic hydroxyl groups excluding tert-OH is 1. The second-order valence-corrected chi connectivity index (χ2v) is 5.04. The zero-order chi connectivity index (χ0) is 12.7. The van der Waals surface area contributed by atoms with Gasteiger partial charge in [-0.1, -0.05) is 27.7 Å². The van der Waals surface area contributed by atoms with Crippen LogP contribution in [-0.4, -0.2) is 36.2 Å². The minimum absolute atomic E-state index is 0.0165. The van der Waals surface area contributed by atoms with Gasteiger partial charge in [-0.15, -0.1) is 0 Å². The normalized spacial score (nSPS) is 15.2. The van der Waals surface area contributed by atoms with Gasteiger partial charge in [0.1, 0.15) is 0 Å². The van der Waals surface area contributed by atoms with Crippen molar-refractivity contribution in [1.29, 1.82) is 0 Å². The summed E-state index contributed by atoms with van der Waals surface area (Å²) in [5, 5.41) is 15.4. The SMILES string of the molecule is CC(C)C(O)CNCC(=O)NC(C)C(C)C. The highest BCUT2D eigenvalue weighted by Crippen LogP contribution is 1.99. The lowest BCUT2D eigenvalue weighted by Crippen LogP contribution is -2.43. The summed E-state index contributed by atoms with van der Waals surface area (Å²) in [6, 6.07) is 0.185. The average molecular weight is 230 g/mol. The van der Waals surface area contributed by atoms with Gasteiger partial charge in [0.15, 0.2) is 0 Å². The third-order valence-electron chi connectivity index (χ3n) is 2.80. The average Bonchev–Trinajstić information content (AvgIpc) is 2.16. The predicted octanol–water partition coefficient (Wildman–Crippen LogP) is 0.754. The van der Waals surface area contributed by atoms with E-state index in [1.807, 2.05) is 20.8 Å². The number of aliphatic hydroxyl groups is 1. The van der Waals surface area contributed by atoms with Crippen LogP contribution in [0.2, 0.25) is 0 Å². The van der Waals surface area contributed by atoms with Crippen molar-refractivity contribution >= 4 is 5.91 Å². The van der Waals surface area contributed by atoms with Crippen LogP contribution in [0.5, 0.6) is 0 Å². The quantitative estimate of drug-likeness (QED) is 0.605. The Morgan fingerprint density at radius 1 is 1.12 bits per heavy atom. The third kappa shape index (κ3) is 6.80. The molecule has 4 nitrogen and oxygen atoms in total. The molecule has 0 radical (unpaired) electrons. The van der Waals surface area contributed by atoms with Crippen molar-refractivity contribution in [3.8, 4) is 0 Å². The highest BCUT2D eigenvalue weighted by molar-refractivity contribution is 5.78. The van der Waals surface area contributed by atoms with E-state index in [1.54, 1.807) is 0 Å². The fourth-order valence-corrected chi connectivity index (χ4v) is 1.04. The van der Waals surface area contributed by atoms with E-state index in [2.05, 4.69) is 24.5 Å². The lowest BCUT2D eigenvalue weighted by atomic mass is 10.1. The van der Waals surface area contributed by atoms with Crippen LogP contribution in [0.3, 0.4) is 0 Å². The number of hydrogen-bond acceptors (Lipinski definition) is 3. The molecule has 0 saturated heterocycles. The van der Waals surface area contributed by atoms with E-state index in [-0.39, 0.29) is 24.4 Å². The van der Waals surface area contributed by atoms with Crippen LogP contribution in [0.15, 0.2) is 0 Å². The Labute approximate surface area is 98.8 Å². The van der Waals surface area contributed by atoms with Crippen molar-refractivity contribution in [3.05, 3.63) is 0 Å². The van der Waals surface area contributed by atoms with Crippen molar-refractivity contribution in [2.24, 2.45) is 11.8 Å². The summed E-state index contributed by atoms with van der Waals surface area (Å²) in [5.41, 5.74) is 0. The molecule has 0 aliphatic rings. The van der Waals surface area contributed by atoms with Gasteiger partial charge in [0.05, 0.1) is 12.6 Å². The summed E-state index contributed by atoms with van der Waals surface area (Å²) in [5.74, 6) is 0.632. The third-order valence-corrected chi connectivity index (χ3v) is 2.80. The van der Waals surface area contributed by atoms with Crippen LogP contribution < -0.4 is 10.6 Å². The largest absolute Gasteiger partial charge is 0.392 e. The van der Waals surface area contributed by atoms with E-state index in [0.29, 0.717) is 12.5 Å². The van der Waals surface area contributed by atoms with Gasteiger partial charge in [-0.25, -0.2) is 0 Å². The minimum atomic E-state index is -0.393. The molecule has 16 heavy (non-hydrogen) atoms. The summed E-state index contributed by atoms with van der Waals surface area (Å²) >= 11 is 0. The van der Waals surface area contributed by atoms with Gasteiger partial charge in [0, 0.05) is 12.6 Å². The zero-order valence-electron chi connectivity index (χ0n) is 11.1. The smallest absolute Gasteiger partial charge is 0.234 e. The number of carbonyl (C=O) groups excluding carboxylic acids is 1. The standard InChI is InChI=1S/C12H26N2O2/c1-8(2)10(5)14-12(16)7-13-6-11(15)9(3)4/h8-11,13,15H,6-7H2,1-5H3,(H,14,16). The van der Waals surface area contributed by atoms with E-state index in [0.717, 1.165) is 0 Å². The maximum absolute atomic E-state index is 11.5. The molecule has 0 heterocycles. The Bertz CT molecular complexity index is 205. The van der Waals surface area contributed by atoms with Gasteiger partial charge in [0.25, 0.3) is 0 Å². The summed E-state index contributed by atoms with van der Waals surface area (Å²) < 4.78 is 0. The molecule has 2 atom stereocenters. The number of nitrogens with one attached hydrogen (secondary N) is 2. The van der Waals surface area contributed by atoms with Crippen molar-refractivity contribution in [1.82, 2.24) is 10.6 Å². The van der Waals surface area contributed by atoms with Crippen molar-refractivity contribution < 1.29 is 9.90 Å². The second kappa shape index (κ2) is 7.63. The monoisotopic (exact) mass is 230 g/mol. The van der Waals surface area contributed by atoms with Crippen LogP contribution in [0.4, 0.5) is 0 Å². The molecular formula is C12H26N2O2. The second-order valence-electron chi connectivity index (χ2n) is 5.04. The molecule has 0 saturated carbocycles. The molecular weight excluding hydrogens is 204 g/mol. The van der Waals surface area contributed by atoms with Crippen LogP contribution in [0, 0.1) is 11.8 Å². The first-order chi connectivity index (χ1) is 7.34. The maximum Gasteiger partial charge on any atom is 0.234 e. The van der Waals surface area contributed by atoms with Gasteiger partial charge in [-0.2, -0.15) is 0 Å². The highest BCUT2D eigenvalue weighted by Gasteiger charge is 2.12. The topological polar surface area (TPSA) is 61.4 Å². The minimum Gasteiger partial charge on any atom is -0.392 e. The highest BCUT2D eigenvalue weighted by atomic mass is 16.3. The van der Waals surface area contributed by atoms with Crippen LogP contribution in [-0.2, 0) is 4.79 Å². The van der Waals surface area contributed by atoms with E-state index in [1.165, 1.54) is 0 Å². The molecule has 4 heteroatoms. The fourth-order valence-electron chi connectivity index (χ4n) is 1.04. The number of amides is 1. The first-order valence-corrected chi connectivity index (χ1v) is 6.02. The Morgan fingerprint density at radius 3 is 2.12 bits per heavy atom. The Morgan fingerprint density at radius 2 is 1.69 bits per heavy atom. The molecule has 3 N–H and O–H groups in total. The molecule has 2 unspecified atom stereocenters. The molecule has 0 aromatic rings.